The summed E-state index contributed by atoms with van der Waals surface area (Å²) < 4.78 is 5.48. The van der Waals surface area contributed by atoms with Crippen LogP contribution in [0.2, 0.25) is 0 Å². The van der Waals surface area contributed by atoms with E-state index in [-0.39, 0.29) is 6.10 Å². The van der Waals surface area contributed by atoms with Crippen LogP contribution in [-0.2, 0) is 4.74 Å². The van der Waals surface area contributed by atoms with Crippen molar-refractivity contribution in [3.05, 3.63) is 35.9 Å². The SMILES string of the molecule is CC(O)CCNC(C)C(c1ccccc1)N1CCOCC1. The number of ether oxygens (including phenoxy) is 1. The molecule has 1 aliphatic rings. The van der Waals surface area contributed by atoms with Crippen molar-refractivity contribution < 1.29 is 9.84 Å². The average molecular weight is 292 g/mol. The number of nitrogens with one attached hydrogen (secondary N) is 1. The molecule has 1 fully saturated rings. The first-order valence-corrected chi connectivity index (χ1v) is 7.96. The molecule has 1 aromatic rings. The van der Waals surface area contributed by atoms with E-state index in [4.69, 9.17) is 4.74 Å². The molecular weight excluding hydrogens is 264 g/mol. The molecule has 4 nitrogen and oxygen atoms in total. The summed E-state index contributed by atoms with van der Waals surface area (Å²) >= 11 is 0. The Bertz CT molecular complexity index is 391. The van der Waals surface area contributed by atoms with Crippen LogP contribution in [0.25, 0.3) is 0 Å². The summed E-state index contributed by atoms with van der Waals surface area (Å²) in [5, 5.41) is 13.0. The fourth-order valence-corrected chi connectivity index (χ4v) is 2.95. The largest absolute Gasteiger partial charge is 0.393 e. The quantitative estimate of drug-likeness (QED) is 0.804. The van der Waals surface area contributed by atoms with Crippen molar-refractivity contribution >= 4 is 0 Å². The van der Waals surface area contributed by atoms with Crippen LogP contribution < -0.4 is 5.32 Å². The summed E-state index contributed by atoms with van der Waals surface area (Å²) in [5.74, 6) is 0. The van der Waals surface area contributed by atoms with Gasteiger partial charge >= 0.3 is 0 Å². The maximum Gasteiger partial charge on any atom is 0.0594 e. The highest BCUT2D eigenvalue weighted by atomic mass is 16.5. The van der Waals surface area contributed by atoms with Gasteiger partial charge in [0.15, 0.2) is 0 Å². The Morgan fingerprint density at radius 3 is 2.48 bits per heavy atom. The Morgan fingerprint density at radius 2 is 1.86 bits per heavy atom. The molecule has 4 heteroatoms. The molecule has 1 aromatic carbocycles. The zero-order valence-corrected chi connectivity index (χ0v) is 13.2. The van der Waals surface area contributed by atoms with E-state index in [1.165, 1.54) is 5.56 Å². The van der Waals surface area contributed by atoms with Crippen molar-refractivity contribution in [3.63, 3.8) is 0 Å². The fourth-order valence-electron chi connectivity index (χ4n) is 2.95. The lowest BCUT2D eigenvalue weighted by atomic mass is 9.98. The van der Waals surface area contributed by atoms with Gasteiger partial charge in [-0.25, -0.2) is 0 Å². The van der Waals surface area contributed by atoms with Crippen LogP contribution in [0.4, 0.5) is 0 Å². The van der Waals surface area contributed by atoms with Crippen LogP contribution >= 0.6 is 0 Å². The Balaban J connectivity index is 2.04. The Morgan fingerprint density at radius 1 is 1.19 bits per heavy atom. The average Bonchev–Trinajstić information content (AvgIpc) is 2.49. The van der Waals surface area contributed by atoms with Crippen molar-refractivity contribution in [1.82, 2.24) is 10.2 Å². The van der Waals surface area contributed by atoms with E-state index in [9.17, 15) is 5.11 Å². The Labute approximate surface area is 128 Å². The maximum absolute atomic E-state index is 9.40. The van der Waals surface area contributed by atoms with E-state index in [1.54, 1.807) is 0 Å². The lowest BCUT2D eigenvalue weighted by molar-refractivity contribution is 0.00849. The maximum atomic E-state index is 9.40. The molecule has 0 bridgehead atoms. The van der Waals surface area contributed by atoms with Gasteiger partial charge in [0, 0.05) is 19.1 Å². The second-order valence-electron chi connectivity index (χ2n) is 5.88. The second-order valence-corrected chi connectivity index (χ2v) is 5.88. The first kappa shape index (κ1) is 16.4. The van der Waals surface area contributed by atoms with Gasteiger partial charge in [0.1, 0.15) is 0 Å². The minimum Gasteiger partial charge on any atom is -0.393 e. The molecule has 0 radical (unpaired) electrons. The minimum absolute atomic E-state index is 0.247. The monoisotopic (exact) mass is 292 g/mol. The van der Waals surface area contributed by atoms with Gasteiger partial charge in [0.25, 0.3) is 0 Å². The van der Waals surface area contributed by atoms with E-state index < -0.39 is 0 Å². The number of aliphatic hydroxyl groups excluding tert-OH is 1. The number of aliphatic hydroxyl groups is 1. The zero-order valence-electron chi connectivity index (χ0n) is 13.2. The van der Waals surface area contributed by atoms with Crippen LogP contribution in [0.3, 0.4) is 0 Å². The van der Waals surface area contributed by atoms with Crippen LogP contribution in [0.15, 0.2) is 30.3 Å². The van der Waals surface area contributed by atoms with Crippen LogP contribution in [-0.4, -0.2) is 55.0 Å². The third-order valence-corrected chi connectivity index (χ3v) is 4.08. The van der Waals surface area contributed by atoms with Crippen LogP contribution in [0.5, 0.6) is 0 Å². The van der Waals surface area contributed by atoms with Crippen molar-refractivity contribution in [2.24, 2.45) is 0 Å². The van der Waals surface area contributed by atoms with E-state index in [1.807, 2.05) is 6.92 Å². The number of rotatable bonds is 7. The smallest absolute Gasteiger partial charge is 0.0594 e. The topological polar surface area (TPSA) is 44.7 Å². The zero-order chi connectivity index (χ0) is 15.1. The molecule has 1 heterocycles. The molecule has 1 aliphatic heterocycles. The van der Waals surface area contributed by atoms with Gasteiger partial charge in [-0.05, 0) is 32.4 Å². The third kappa shape index (κ3) is 5.08. The molecule has 0 spiro atoms. The van der Waals surface area contributed by atoms with E-state index in [2.05, 4.69) is 47.5 Å². The molecule has 2 rings (SSSR count). The van der Waals surface area contributed by atoms with Crippen molar-refractivity contribution in [2.45, 2.75) is 38.5 Å². The van der Waals surface area contributed by atoms with Gasteiger partial charge in [-0.2, -0.15) is 0 Å². The molecule has 3 atom stereocenters. The molecule has 1 saturated heterocycles. The molecule has 21 heavy (non-hydrogen) atoms. The number of nitrogens with zero attached hydrogens (tertiary/aromatic N) is 1. The Hall–Kier alpha value is -0.940. The lowest BCUT2D eigenvalue weighted by Gasteiger charge is -2.38. The predicted octanol–water partition coefficient (Wildman–Crippen LogP) is 1.81. The van der Waals surface area contributed by atoms with Crippen LogP contribution in [0, 0.1) is 0 Å². The molecule has 0 aromatic heterocycles. The predicted molar refractivity (Wildman–Crippen MR) is 85.3 cm³/mol. The third-order valence-electron chi connectivity index (χ3n) is 4.08. The van der Waals surface area contributed by atoms with E-state index >= 15 is 0 Å². The van der Waals surface area contributed by atoms with Gasteiger partial charge < -0.3 is 15.2 Å². The van der Waals surface area contributed by atoms with E-state index in [0.29, 0.717) is 12.1 Å². The minimum atomic E-state index is -0.247. The summed E-state index contributed by atoms with van der Waals surface area (Å²) in [6.45, 7) is 8.47. The summed E-state index contributed by atoms with van der Waals surface area (Å²) in [4.78, 5) is 2.50. The molecule has 0 saturated carbocycles. The molecule has 0 amide bonds. The lowest BCUT2D eigenvalue weighted by Crippen LogP contribution is -2.47. The standard InChI is InChI=1S/C17H28N2O2/c1-14(20)8-9-18-15(2)17(16-6-4-3-5-7-16)19-10-12-21-13-11-19/h3-7,14-15,17-18,20H,8-13H2,1-2H3. The highest BCUT2D eigenvalue weighted by Gasteiger charge is 2.27. The molecule has 0 aliphatic carbocycles. The molecule has 3 unspecified atom stereocenters. The highest BCUT2D eigenvalue weighted by Crippen LogP contribution is 2.25. The first-order valence-electron chi connectivity index (χ1n) is 7.96. The summed E-state index contributed by atoms with van der Waals surface area (Å²) in [5.41, 5.74) is 1.34. The van der Waals surface area contributed by atoms with Crippen LogP contribution in [0.1, 0.15) is 31.9 Å². The molecular formula is C17H28N2O2. The number of morpholine rings is 1. The second kappa shape index (κ2) is 8.49. The van der Waals surface area contributed by atoms with Gasteiger partial charge in [-0.1, -0.05) is 30.3 Å². The normalized spacial score (nSPS) is 20.9. The highest BCUT2D eigenvalue weighted by molar-refractivity contribution is 5.21. The van der Waals surface area contributed by atoms with E-state index in [0.717, 1.165) is 39.3 Å². The first-order chi connectivity index (χ1) is 10.2. The Kier molecular flexibility index (Phi) is 6.64. The van der Waals surface area contributed by atoms with Gasteiger partial charge in [-0.15, -0.1) is 0 Å². The number of hydrogen-bond acceptors (Lipinski definition) is 4. The van der Waals surface area contributed by atoms with Crippen molar-refractivity contribution in [3.8, 4) is 0 Å². The van der Waals surface area contributed by atoms with Crippen molar-refractivity contribution in [2.75, 3.05) is 32.8 Å². The van der Waals surface area contributed by atoms with Gasteiger partial charge in [-0.3, -0.25) is 4.90 Å². The number of hydrogen-bond donors (Lipinski definition) is 2. The number of benzene rings is 1. The fraction of sp³-hybridized carbons (Fsp3) is 0.647. The van der Waals surface area contributed by atoms with Gasteiger partial charge in [0.05, 0.1) is 25.4 Å². The molecule has 2 N–H and O–H groups in total. The summed E-state index contributed by atoms with van der Waals surface area (Å²) in [6, 6.07) is 11.4. The molecule has 118 valence electrons. The van der Waals surface area contributed by atoms with Gasteiger partial charge in [0.2, 0.25) is 0 Å². The summed E-state index contributed by atoms with van der Waals surface area (Å²) in [6.07, 6.45) is 0.540. The van der Waals surface area contributed by atoms with Crippen molar-refractivity contribution in [1.29, 1.82) is 0 Å². The summed E-state index contributed by atoms with van der Waals surface area (Å²) in [7, 11) is 0.